The molecular formula is C26H23ClN4O3. The molecular weight excluding hydrogens is 452 g/mol. The number of halogens is 1. The molecule has 0 saturated heterocycles. The Balaban J connectivity index is 1.48. The molecule has 4 rings (SSSR count). The van der Waals surface area contributed by atoms with Crippen molar-refractivity contribution in [1.82, 2.24) is 9.97 Å². The number of carbonyl (C=O) groups is 2. The van der Waals surface area contributed by atoms with Gasteiger partial charge in [0.1, 0.15) is 5.82 Å². The lowest BCUT2D eigenvalue weighted by atomic mass is 10.1. The summed E-state index contributed by atoms with van der Waals surface area (Å²) in [7, 11) is 3.56. The van der Waals surface area contributed by atoms with Crippen molar-refractivity contribution < 1.29 is 14.3 Å². The van der Waals surface area contributed by atoms with Crippen molar-refractivity contribution in [2.24, 2.45) is 0 Å². The standard InChI is InChI=1S/C26H23ClN4O3/c1-16(32)34-23-24(27)29-22(30-25(23)31(2)3)14-17-8-12-21(13-9-17)28-26(33)20-11-10-18-6-4-5-7-19(18)15-20/h4-13,15H,14H2,1-3H3,(H,28,33). The highest BCUT2D eigenvalue weighted by atomic mass is 35.5. The molecule has 8 heteroatoms. The first-order valence-corrected chi connectivity index (χ1v) is 11.0. The zero-order valence-electron chi connectivity index (χ0n) is 19.0. The molecule has 1 N–H and O–H groups in total. The van der Waals surface area contributed by atoms with E-state index >= 15 is 0 Å². The van der Waals surface area contributed by atoms with E-state index in [1.54, 1.807) is 19.0 Å². The maximum Gasteiger partial charge on any atom is 0.308 e. The first-order valence-electron chi connectivity index (χ1n) is 10.6. The quantitative estimate of drug-likeness (QED) is 0.308. The van der Waals surface area contributed by atoms with Gasteiger partial charge >= 0.3 is 5.97 Å². The molecule has 0 unspecified atom stereocenters. The van der Waals surface area contributed by atoms with Gasteiger partial charge in [0.05, 0.1) is 0 Å². The fourth-order valence-corrected chi connectivity index (χ4v) is 3.71. The number of carbonyl (C=O) groups excluding carboxylic acids is 2. The number of amides is 1. The van der Waals surface area contributed by atoms with Crippen LogP contribution in [0.2, 0.25) is 5.15 Å². The Kier molecular flexibility index (Phi) is 6.75. The van der Waals surface area contributed by atoms with Gasteiger partial charge < -0.3 is 15.0 Å². The third-order valence-electron chi connectivity index (χ3n) is 5.11. The summed E-state index contributed by atoms with van der Waals surface area (Å²) >= 11 is 6.26. The number of hydrogen-bond donors (Lipinski definition) is 1. The first-order chi connectivity index (χ1) is 16.3. The van der Waals surface area contributed by atoms with Crippen molar-refractivity contribution in [1.29, 1.82) is 0 Å². The number of rotatable bonds is 6. The largest absolute Gasteiger partial charge is 0.419 e. The van der Waals surface area contributed by atoms with Crippen molar-refractivity contribution >= 4 is 45.8 Å². The summed E-state index contributed by atoms with van der Waals surface area (Å²) in [6.07, 6.45) is 0.416. The predicted molar refractivity (Wildman–Crippen MR) is 134 cm³/mol. The Morgan fingerprint density at radius 1 is 0.971 bits per heavy atom. The molecule has 0 aliphatic carbocycles. The highest BCUT2D eigenvalue weighted by Gasteiger charge is 2.18. The molecule has 4 aromatic rings. The molecule has 34 heavy (non-hydrogen) atoms. The third-order valence-corrected chi connectivity index (χ3v) is 5.36. The van der Waals surface area contributed by atoms with Crippen molar-refractivity contribution in [3.05, 3.63) is 88.8 Å². The minimum absolute atomic E-state index is 0.0724. The molecule has 0 radical (unpaired) electrons. The zero-order chi connectivity index (χ0) is 24.2. The minimum atomic E-state index is -0.498. The number of esters is 1. The second kappa shape index (κ2) is 9.89. The number of nitrogens with zero attached hydrogens (tertiary/aromatic N) is 3. The lowest BCUT2D eigenvalue weighted by Crippen LogP contribution is -2.16. The van der Waals surface area contributed by atoms with Crippen LogP contribution in [0, 0.1) is 0 Å². The van der Waals surface area contributed by atoms with Crippen LogP contribution < -0.4 is 15.0 Å². The van der Waals surface area contributed by atoms with Gasteiger partial charge in [0.15, 0.2) is 11.0 Å². The molecule has 0 spiro atoms. The normalized spacial score (nSPS) is 10.7. The third kappa shape index (κ3) is 5.32. The van der Waals surface area contributed by atoms with Crippen molar-refractivity contribution in [3.63, 3.8) is 0 Å². The summed E-state index contributed by atoms with van der Waals surface area (Å²) in [5.41, 5.74) is 2.21. The maximum absolute atomic E-state index is 12.7. The highest BCUT2D eigenvalue weighted by Crippen LogP contribution is 2.32. The lowest BCUT2D eigenvalue weighted by molar-refractivity contribution is -0.131. The summed E-state index contributed by atoms with van der Waals surface area (Å²) < 4.78 is 5.18. The Morgan fingerprint density at radius 2 is 1.68 bits per heavy atom. The summed E-state index contributed by atoms with van der Waals surface area (Å²) in [6.45, 7) is 1.30. The van der Waals surface area contributed by atoms with Gasteiger partial charge in [0.2, 0.25) is 5.75 Å². The van der Waals surface area contributed by atoms with Crippen LogP contribution >= 0.6 is 11.6 Å². The molecule has 172 valence electrons. The molecule has 3 aromatic carbocycles. The van der Waals surface area contributed by atoms with Crippen molar-refractivity contribution in [3.8, 4) is 5.75 Å². The summed E-state index contributed by atoms with van der Waals surface area (Å²) in [5.74, 6) is 0.365. The second-order valence-electron chi connectivity index (χ2n) is 7.96. The van der Waals surface area contributed by atoms with Crippen LogP contribution in [-0.2, 0) is 11.2 Å². The van der Waals surface area contributed by atoms with Gasteiger partial charge in [-0.1, -0.05) is 54.1 Å². The van der Waals surface area contributed by atoms with E-state index in [0.29, 0.717) is 29.3 Å². The smallest absolute Gasteiger partial charge is 0.308 e. The Bertz CT molecular complexity index is 1370. The minimum Gasteiger partial charge on any atom is -0.419 e. The van der Waals surface area contributed by atoms with E-state index in [9.17, 15) is 9.59 Å². The highest BCUT2D eigenvalue weighted by molar-refractivity contribution is 6.31. The molecule has 0 saturated carbocycles. The molecule has 7 nitrogen and oxygen atoms in total. The number of ether oxygens (including phenoxy) is 1. The summed E-state index contributed by atoms with van der Waals surface area (Å²) in [6, 6.07) is 21.0. The molecule has 0 aliphatic heterocycles. The molecule has 0 atom stereocenters. The van der Waals surface area contributed by atoms with Gasteiger partial charge in [0, 0.05) is 38.7 Å². The topological polar surface area (TPSA) is 84.4 Å². The first kappa shape index (κ1) is 23.2. The van der Waals surface area contributed by atoms with E-state index in [1.165, 1.54) is 6.92 Å². The van der Waals surface area contributed by atoms with Gasteiger partial charge in [-0.2, -0.15) is 0 Å². The molecule has 1 amide bonds. The zero-order valence-corrected chi connectivity index (χ0v) is 19.8. The Hall–Kier alpha value is -3.97. The van der Waals surface area contributed by atoms with Crippen LogP contribution in [0.1, 0.15) is 28.7 Å². The van der Waals surface area contributed by atoms with Crippen molar-refractivity contribution in [2.45, 2.75) is 13.3 Å². The number of nitrogens with one attached hydrogen (secondary N) is 1. The molecule has 1 aromatic heterocycles. The fraction of sp³-hybridized carbons (Fsp3) is 0.154. The van der Waals surface area contributed by atoms with Crippen LogP contribution in [0.15, 0.2) is 66.7 Å². The molecule has 1 heterocycles. The number of fused-ring (bicyclic) bond motifs is 1. The van der Waals surface area contributed by atoms with Crippen LogP contribution in [0.5, 0.6) is 5.75 Å². The lowest BCUT2D eigenvalue weighted by Gasteiger charge is -2.17. The predicted octanol–water partition coefficient (Wildman–Crippen LogP) is 5.12. The number of hydrogen-bond acceptors (Lipinski definition) is 6. The maximum atomic E-state index is 12.7. The molecule has 0 fully saturated rings. The summed E-state index contributed by atoms with van der Waals surface area (Å²) in [5, 5.41) is 5.10. The van der Waals surface area contributed by atoms with Gasteiger partial charge in [-0.05, 0) is 40.6 Å². The van der Waals surface area contributed by atoms with E-state index < -0.39 is 5.97 Å². The van der Waals surface area contributed by atoms with Gasteiger partial charge in [-0.15, -0.1) is 0 Å². The average Bonchev–Trinajstić information content (AvgIpc) is 2.81. The Labute approximate surface area is 202 Å². The van der Waals surface area contributed by atoms with Gasteiger partial charge in [0.25, 0.3) is 5.91 Å². The van der Waals surface area contributed by atoms with E-state index in [4.69, 9.17) is 16.3 Å². The van der Waals surface area contributed by atoms with Crippen LogP contribution in [0.3, 0.4) is 0 Å². The van der Waals surface area contributed by atoms with Gasteiger partial charge in [-0.3, -0.25) is 9.59 Å². The van der Waals surface area contributed by atoms with E-state index in [2.05, 4.69) is 15.3 Å². The summed E-state index contributed by atoms with van der Waals surface area (Å²) in [4.78, 5) is 34.6. The van der Waals surface area contributed by atoms with E-state index in [-0.39, 0.29) is 16.8 Å². The molecule has 0 aliphatic rings. The Morgan fingerprint density at radius 3 is 2.35 bits per heavy atom. The number of anilines is 2. The van der Waals surface area contributed by atoms with Crippen LogP contribution in [0.4, 0.5) is 11.5 Å². The fourth-order valence-electron chi connectivity index (χ4n) is 3.49. The van der Waals surface area contributed by atoms with E-state index in [1.807, 2.05) is 66.7 Å². The van der Waals surface area contributed by atoms with Crippen LogP contribution in [-0.4, -0.2) is 35.9 Å². The monoisotopic (exact) mass is 474 g/mol. The molecule has 0 bridgehead atoms. The second-order valence-corrected chi connectivity index (χ2v) is 8.32. The average molecular weight is 475 g/mol. The van der Waals surface area contributed by atoms with Crippen molar-refractivity contribution in [2.75, 3.05) is 24.3 Å². The van der Waals surface area contributed by atoms with E-state index in [0.717, 1.165) is 16.3 Å². The van der Waals surface area contributed by atoms with Crippen LogP contribution in [0.25, 0.3) is 10.8 Å². The van der Waals surface area contributed by atoms with Gasteiger partial charge in [-0.25, -0.2) is 9.97 Å². The number of aromatic nitrogens is 2. The number of benzene rings is 3. The SMILES string of the molecule is CC(=O)Oc1c(Cl)nc(Cc2ccc(NC(=O)c3ccc4ccccc4c3)cc2)nc1N(C)C.